The number of likely N-dealkylation sites (tertiary alicyclic amines) is 1. The minimum atomic E-state index is -4.40. The van der Waals surface area contributed by atoms with Crippen LogP contribution in [0.2, 0.25) is 0 Å². The molecule has 2 amide bonds. The van der Waals surface area contributed by atoms with Crippen molar-refractivity contribution in [3.63, 3.8) is 0 Å². The molecule has 1 aromatic carbocycles. The minimum Gasteiger partial charge on any atom is -0.367 e. The highest BCUT2D eigenvalue weighted by Gasteiger charge is 2.30. The third-order valence-corrected chi connectivity index (χ3v) is 4.93. The van der Waals surface area contributed by atoms with Crippen molar-refractivity contribution in [2.24, 2.45) is 5.92 Å². The van der Waals surface area contributed by atoms with Gasteiger partial charge < -0.3 is 15.2 Å². The molecule has 0 saturated carbocycles. The molecule has 2 N–H and O–H groups in total. The van der Waals surface area contributed by atoms with Crippen molar-refractivity contribution in [2.75, 3.05) is 18.4 Å². The Morgan fingerprint density at radius 2 is 1.93 bits per heavy atom. The molecule has 1 saturated heterocycles. The van der Waals surface area contributed by atoms with Crippen LogP contribution in [-0.4, -0.2) is 34.8 Å². The third kappa shape index (κ3) is 5.15. The Morgan fingerprint density at radius 1 is 1.18 bits per heavy atom. The van der Waals surface area contributed by atoms with E-state index in [-0.39, 0.29) is 24.2 Å². The number of benzene rings is 1. The number of aromatic nitrogens is 1. The molecule has 1 aliphatic heterocycles. The van der Waals surface area contributed by atoms with Crippen molar-refractivity contribution < 1.29 is 22.8 Å². The maximum Gasteiger partial charge on any atom is 0.416 e. The van der Waals surface area contributed by atoms with Crippen molar-refractivity contribution in [1.29, 1.82) is 0 Å². The fraction of sp³-hybridized carbons (Fsp3) is 0.400. The summed E-state index contributed by atoms with van der Waals surface area (Å²) in [6.07, 6.45) is 1.71. The van der Waals surface area contributed by atoms with Crippen molar-refractivity contribution >= 4 is 17.5 Å². The second-order valence-electron chi connectivity index (χ2n) is 7.02. The van der Waals surface area contributed by atoms with Gasteiger partial charge >= 0.3 is 6.18 Å². The summed E-state index contributed by atoms with van der Waals surface area (Å²) in [4.78, 5) is 29.2. The molecule has 1 aliphatic rings. The van der Waals surface area contributed by atoms with Crippen molar-refractivity contribution in [1.82, 2.24) is 9.88 Å². The first kappa shape index (κ1) is 20.0. The molecule has 1 aromatic heterocycles. The van der Waals surface area contributed by atoms with E-state index >= 15 is 0 Å². The average molecular weight is 393 g/mol. The van der Waals surface area contributed by atoms with Crippen LogP contribution >= 0.6 is 0 Å². The van der Waals surface area contributed by atoms with Gasteiger partial charge in [0.25, 0.3) is 5.91 Å². The third-order valence-electron chi connectivity index (χ3n) is 4.93. The van der Waals surface area contributed by atoms with E-state index in [9.17, 15) is 22.8 Å². The molecule has 1 atom stereocenters. The van der Waals surface area contributed by atoms with Gasteiger partial charge in [0.15, 0.2) is 0 Å². The summed E-state index contributed by atoms with van der Waals surface area (Å²) in [5, 5.41) is 2.63. The van der Waals surface area contributed by atoms with E-state index in [1.807, 2.05) is 4.90 Å². The summed E-state index contributed by atoms with van der Waals surface area (Å²) in [7, 11) is 0. The predicted molar refractivity (Wildman–Crippen MR) is 98.7 cm³/mol. The van der Waals surface area contributed by atoms with Crippen LogP contribution in [0.3, 0.4) is 0 Å². The topological polar surface area (TPSA) is 65.2 Å². The normalized spacial score (nSPS) is 17.4. The number of piperidine rings is 1. The van der Waals surface area contributed by atoms with E-state index in [1.54, 1.807) is 18.5 Å². The highest BCUT2D eigenvalue weighted by molar-refractivity contribution is 5.94. The lowest BCUT2D eigenvalue weighted by Crippen LogP contribution is -2.40. The number of alkyl halides is 3. The van der Waals surface area contributed by atoms with Crippen molar-refractivity contribution in [3.8, 4) is 0 Å². The zero-order chi connectivity index (χ0) is 20.1. The Labute approximate surface area is 160 Å². The van der Waals surface area contributed by atoms with Crippen LogP contribution in [0.5, 0.6) is 0 Å². The van der Waals surface area contributed by atoms with E-state index in [0.717, 1.165) is 25.0 Å². The summed E-state index contributed by atoms with van der Waals surface area (Å²) in [5.74, 6) is -0.0241. The molecule has 0 aliphatic carbocycles. The molecule has 0 spiro atoms. The minimum absolute atomic E-state index is 0.0137. The number of aromatic amines is 1. The molecule has 3 rings (SSSR count). The SMILES string of the molecule is O=C(CC[C@@H]1CCCN(C(=O)c2cc[nH]c2)C1)Nc1ccc(C(F)(F)F)cc1. The molecule has 5 nitrogen and oxygen atoms in total. The van der Waals surface area contributed by atoms with Gasteiger partial charge in [0, 0.05) is 37.6 Å². The van der Waals surface area contributed by atoms with Crippen LogP contribution in [-0.2, 0) is 11.0 Å². The lowest BCUT2D eigenvalue weighted by Gasteiger charge is -2.32. The first-order valence-electron chi connectivity index (χ1n) is 9.22. The summed E-state index contributed by atoms with van der Waals surface area (Å²) in [5.41, 5.74) is 0.214. The van der Waals surface area contributed by atoms with E-state index in [0.29, 0.717) is 30.8 Å². The molecular weight excluding hydrogens is 371 g/mol. The van der Waals surface area contributed by atoms with Gasteiger partial charge in [-0.05, 0) is 55.5 Å². The number of rotatable bonds is 5. The molecule has 2 heterocycles. The number of anilines is 1. The average Bonchev–Trinajstić information content (AvgIpc) is 3.20. The van der Waals surface area contributed by atoms with Gasteiger partial charge in [0.1, 0.15) is 0 Å². The molecule has 1 fully saturated rings. The molecule has 0 radical (unpaired) electrons. The molecule has 8 heteroatoms. The zero-order valence-electron chi connectivity index (χ0n) is 15.3. The highest BCUT2D eigenvalue weighted by atomic mass is 19.4. The van der Waals surface area contributed by atoms with Gasteiger partial charge in [-0.2, -0.15) is 13.2 Å². The van der Waals surface area contributed by atoms with E-state index in [4.69, 9.17) is 0 Å². The Balaban J connectivity index is 1.47. The second-order valence-corrected chi connectivity index (χ2v) is 7.02. The van der Waals surface area contributed by atoms with Crippen LogP contribution in [0.25, 0.3) is 0 Å². The molecular formula is C20H22F3N3O2. The Bertz CT molecular complexity index is 801. The summed E-state index contributed by atoms with van der Waals surface area (Å²) in [6.45, 7) is 1.32. The number of nitrogens with one attached hydrogen (secondary N) is 2. The number of hydrogen-bond acceptors (Lipinski definition) is 2. The smallest absolute Gasteiger partial charge is 0.367 e. The van der Waals surface area contributed by atoms with Gasteiger partial charge in [-0.25, -0.2) is 0 Å². The van der Waals surface area contributed by atoms with Crippen LogP contribution in [0, 0.1) is 5.92 Å². The number of hydrogen-bond donors (Lipinski definition) is 2. The first-order valence-corrected chi connectivity index (χ1v) is 9.22. The predicted octanol–water partition coefficient (Wildman–Crippen LogP) is 4.30. The zero-order valence-corrected chi connectivity index (χ0v) is 15.3. The monoisotopic (exact) mass is 393 g/mol. The second kappa shape index (κ2) is 8.50. The Kier molecular flexibility index (Phi) is 6.06. The molecule has 28 heavy (non-hydrogen) atoms. The number of halogens is 3. The number of H-pyrrole nitrogens is 1. The van der Waals surface area contributed by atoms with Crippen LogP contribution in [0.4, 0.5) is 18.9 Å². The van der Waals surface area contributed by atoms with Crippen LogP contribution in [0.15, 0.2) is 42.7 Å². The van der Waals surface area contributed by atoms with Gasteiger partial charge in [-0.15, -0.1) is 0 Å². The number of amides is 2. The number of carbonyl (C=O) groups is 2. The van der Waals surface area contributed by atoms with Gasteiger partial charge in [0.05, 0.1) is 11.1 Å². The molecule has 0 bridgehead atoms. The molecule has 150 valence electrons. The maximum atomic E-state index is 12.6. The number of carbonyl (C=O) groups excluding carboxylic acids is 2. The van der Waals surface area contributed by atoms with Crippen molar-refractivity contribution in [2.45, 2.75) is 31.9 Å². The van der Waals surface area contributed by atoms with Crippen LogP contribution < -0.4 is 5.32 Å². The lowest BCUT2D eigenvalue weighted by molar-refractivity contribution is -0.137. The van der Waals surface area contributed by atoms with Crippen LogP contribution in [0.1, 0.15) is 41.6 Å². The standard InChI is InChI=1S/C20H22F3N3O2/c21-20(22,23)16-4-6-17(7-5-16)25-18(27)8-3-14-2-1-11-26(13-14)19(28)15-9-10-24-12-15/h4-7,9-10,12,14,24H,1-3,8,11,13H2,(H,25,27)/t14-/m0/s1. The van der Waals surface area contributed by atoms with Gasteiger partial charge in [-0.1, -0.05) is 0 Å². The Hall–Kier alpha value is -2.77. The molecule has 0 unspecified atom stereocenters. The first-order chi connectivity index (χ1) is 13.3. The van der Waals surface area contributed by atoms with E-state index < -0.39 is 11.7 Å². The lowest BCUT2D eigenvalue weighted by atomic mass is 9.93. The Morgan fingerprint density at radius 3 is 2.57 bits per heavy atom. The highest BCUT2D eigenvalue weighted by Crippen LogP contribution is 2.30. The van der Waals surface area contributed by atoms with Gasteiger partial charge in [-0.3, -0.25) is 9.59 Å². The number of nitrogens with zero attached hydrogens (tertiary/aromatic N) is 1. The van der Waals surface area contributed by atoms with E-state index in [1.165, 1.54) is 12.1 Å². The fourth-order valence-electron chi connectivity index (χ4n) is 3.43. The quantitative estimate of drug-likeness (QED) is 0.795. The summed E-state index contributed by atoms with van der Waals surface area (Å²) in [6, 6.07) is 6.13. The molecule has 2 aromatic rings. The summed E-state index contributed by atoms with van der Waals surface area (Å²) >= 11 is 0. The summed E-state index contributed by atoms with van der Waals surface area (Å²) < 4.78 is 37.7. The largest absolute Gasteiger partial charge is 0.416 e. The van der Waals surface area contributed by atoms with Gasteiger partial charge in [0.2, 0.25) is 5.91 Å². The van der Waals surface area contributed by atoms with E-state index in [2.05, 4.69) is 10.3 Å². The maximum absolute atomic E-state index is 12.6. The van der Waals surface area contributed by atoms with Crippen molar-refractivity contribution in [3.05, 3.63) is 53.9 Å². The fourth-order valence-corrected chi connectivity index (χ4v) is 3.43.